The van der Waals surface area contributed by atoms with Crippen molar-refractivity contribution >= 4 is 18.7 Å². The zero-order valence-corrected chi connectivity index (χ0v) is 25.2. The molecule has 1 amide bonds. The van der Waals surface area contributed by atoms with E-state index in [1.165, 1.54) is 13.2 Å². The van der Waals surface area contributed by atoms with E-state index in [1.54, 1.807) is 26.4 Å². The summed E-state index contributed by atoms with van der Waals surface area (Å²) in [5.74, 6) is 0.482. The summed E-state index contributed by atoms with van der Waals surface area (Å²) in [6, 6.07) is 5.56. The van der Waals surface area contributed by atoms with Gasteiger partial charge in [-0.05, 0) is 92.8 Å². The highest BCUT2D eigenvalue weighted by Crippen LogP contribution is 2.19. The van der Waals surface area contributed by atoms with Crippen LogP contribution in [0.15, 0.2) is 18.2 Å². The smallest absolute Gasteiger partial charge is 0.407 e. The first-order valence-corrected chi connectivity index (χ1v) is 12.9. The monoisotopic (exact) mass is 540 g/mol. The third-order valence-corrected chi connectivity index (χ3v) is 5.18. The maximum Gasteiger partial charge on any atom is 0.407 e. The molecule has 38 heavy (non-hydrogen) atoms. The number of rotatable bonds is 8. The molecule has 0 radical (unpaired) electrons. The average Bonchev–Trinajstić information content (AvgIpc) is 2.87. The van der Waals surface area contributed by atoms with E-state index in [1.807, 2.05) is 34.9 Å². The molecule has 1 aromatic rings. The summed E-state index contributed by atoms with van der Waals surface area (Å²) >= 11 is 0. The number of methoxy groups -OCH3 is 2. The number of hydrogen-bond acceptors (Lipinski definition) is 9. The van der Waals surface area contributed by atoms with Crippen LogP contribution < -0.4 is 20.7 Å². The van der Waals surface area contributed by atoms with E-state index in [4.69, 9.17) is 9.47 Å². The van der Waals surface area contributed by atoms with Gasteiger partial charge < -0.3 is 35.1 Å². The van der Waals surface area contributed by atoms with Gasteiger partial charge in [-0.1, -0.05) is 0 Å². The Bertz CT molecular complexity index is 760. The molecule has 0 saturated heterocycles. The fourth-order valence-corrected chi connectivity index (χ4v) is 3.25. The fraction of sp³-hybridized carbons (Fsp3) is 0.679. The van der Waals surface area contributed by atoms with Crippen LogP contribution in [0.4, 0.5) is 4.79 Å². The van der Waals surface area contributed by atoms with Crippen molar-refractivity contribution in [1.29, 1.82) is 0 Å². The number of carbonyl (C=O) groups is 3. The molecule has 0 aliphatic heterocycles. The van der Waals surface area contributed by atoms with Gasteiger partial charge in [0.05, 0.1) is 12.7 Å². The summed E-state index contributed by atoms with van der Waals surface area (Å²) in [6.45, 7) is 7.84. The maximum absolute atomic E-state index is 11.5. The average molecular weight is 541 g/mol. The highest BCUT2D eigenvalue weighted by molar-refractivity contribution is 5.84. The third kappa shape index (κ3) is 20.5. The number of alkyl carbamates (subject to hydrolysis) is 1. The van der Waals surface area contributed by atoms with Gasteiger partial charge in [-0.25, -0.2) is 4.79 Å². The lowest BCUT2D eigenvalue weighted by Gasteiger charge is -2.29. The number of carbonyl (C=O) groups excluding carboxylic acids is 3. The number of benzene rings is 1. The van der Waals surface area contributed by atoms with Gasteiger partial charge in [0.25, 0.3) is 0 Å². The molecule has 0 bridgehead atoms. The molecule has 10 nitrogen and oxygen atoms in total. The van der Waals surface area contributed by atoms with E-state index < -0.39 is 5.60 Å². The van der Waals surface area contributed by atoms with Crippen molar-refractivity contribution in [3.8, 4) is 5.75 Å². The van der Waals surface area contributed by atoms with Gasteiger partial charge in [-0.2, -0.15) is 0 Å². The quantitative estimate of drug-likeness (QED) is 0.426. The largest absolute Gasteiger partial charge is 0.496 e. The van der Waals surface area contributed by atoms with Crippen LogP contribution in [0, 0.1) is 0 Å². The summed E-state index contributed by atoms with van der Waals surface area (Å²) in [5.41, 5.74) is 0.451. The highest BCUT2D eigenvalue weighted by Gasteiger charge is 2.23. The number of hydrogen-bond donors (Lipinski definition) is 3. The van der Waals surface area contributed by atoms with Crippen LogP contribution in [0.1, 0.15) is 67.2 Å². The molecule has 1 aliphatic carbocycles. The first kappa shape index (κ1) is 37.6. The lowest BCUT2D eigenvalue weighted by atomic mass is 9.91. The van der Waals surface area contributed by atoms with Crippen LogP contribution in [-0.4, -0.2) is 104 Å². The van der Waals surface area contributed by atoms with Crippen LogP contribution in [0.5, 0.6) is 5.75 Å². The number of amides is 1. The van der Waals surface area contributed by atoms with E-state index in [0.717, 1.165) is 38.8 Å². The molecule has 1 saturated carbocycles. The minimum absolute atomic E-state index is 0.277. The van der Waals surface area contributed by atoms with Crippen molar-refractivity contribution in [2.75, 3.05) is 62.6 Å². The van der Waals surface area contributed by atoms with Gasteiger partial charge in [-0.15, -0.1) is 0 Å². The zero-order chi connectivity index (χ0) is 29.6. The Morgan fingerprint density at radius 2 is 1.55 bits per heavy atom. The van der Waals surface area contributed by atoms with E-state index in [9.17, 15) is 14.4 Å². The molecule has 220 valence electrons. The number of likely N-dealkylation sites (N-methyl/N-ethyl adjacent to an activating group) is 2. The van der Waals surface area contributed by atoms with Crippen molar-refractivity contribution in [3.05, 3.63) is 29.3 Å². The number of ether oxygens (including phenoxy) is 3. The second-order valence-corrected chi connectivity index (χ2v) is 10.0. The Kier molecular flexibility index (Phi) is 22.2. The number of nitrogens with zero attached hydrogens (tertiary/aromatic N) is 1. The van der Waals surface area contributed by atoms with Gasteiger partial charge in [0.2, 0.25) is 0 Å². The molecular weight excluding hydrogens is 488 g/mol. The zero-order valence-electron chi connectivity index (χ0n) is 25.2. The van der Waals surface area contributed by atoms with E-state index in [2.05, 4.69) is 39.7 Å². The van der Waals surface area contributed by atoms with Crippen LogP contribution in [0.3, 0.4) is 0 Å². The van der Waals surface area contributed by atoms with Gasteiger partial charge >= 0.3 is 6.09 Å². The van der Waals surface area contributed by atoms with Crippen molar-refractivity contribution in [2.24, 2.45) is 0 Å². The molecule has 1 aliphatic rings. The summed E-state index contributed by atoms with van der Waals surface area (Å²) < 4.78 is 14.4. The van der Waals surface area contributed by atoms with Crippen molar-refractivity contribution in [3.63, 3.8) is 0 Å². The lowest BCUT2D eigenvalue weighted by Crippen LogP contribution is -2.43. The lowest BCUT2D eigenvalue weighted by molar-refractivity contribution is 0.0490. The highest BCUT2D eigenvalue weighted by atomic mass is 16.6. The van der Waals surface area contributed by atoms with Crippen LogP contribution in [0.2, 0.25) is 0 Å². The van der Waals surface area contributed by atoms with E-state index in [-0.39, 0.29) is 12.1 Å². The molecular formula is C28H52N4O6. The molecule has 0 atom stereocenters. The first-order valence-electron chi connectivity index (χ1n) is 12.9. The first-order chi connectivity index (χ1) is 17.9. The number of nitrogens with one attached hydrogen (secondary N) is 3. The van der Waals surface area contributed by atoms with Gasteiger partial charge in [0.15, 0.2) is 6.29 Å². The van der Waals surface area contributed by atoms with Crippen LogP contribution in [-0.2, 0) is 9.47 Å². The number of aldehydes is 2. The second kappa shape index (κ2) is 22.5. The van der Waals surface area contributed by atoms with Crippen LogP contribution >= 0.6 is 0 Å². The summed E-state index contributed by atoms with van der Waals surface area (Å²) in [5, 5.41) is 9.26. The Labute approximate surface area is 230 Å². The minimum atomic E-state index is -0.410. The Morgan fingerprint density at radius 1 is 1.00 bits per heavy atom. The molecule has 1 aromatic carbocycles. The minimum Gasteiger partial charge on any atom is -0.496 e. The second-order valence-electron chi connectivity index (χ2n) is 10.0. The summed E-state index contributed by atoms with van der Waals surface area (Å²) in [7, 11) is 12.8. The fourth-order valence-electron chi connectivity index (χ4n) is 3.25. The molecule has 0 spiro atoms. The molecule has 2 rings (SSSR count). The summed E-state index contributed by atoms with van der Waals surface area (Å²) in [6.07, 6.45) is 5.36. The van der Waals surface area contributed by atoms with Crippen molar-refractivity contribution in [2.45, 2.75) is 64.1 Å². The van der Waals surface area contributed by atoms with Gasteiger partial charge in [0.1, 0.15) is 17.6 Å². The van der Waals surface area contributed by atoms with E-state index >= 15 is 0 Å². The van der Waals surface area contributed by atoms with E-state index in [0.29, 0.717) is 35.5 Å². The Morgan fingerprint density at radius 3 is 1.92 bits per heavy atom. The predicted molar refractivity (Wildman–Crippen MR) is 154 cm³/mol. The van der Waals surface area contributed by atoms with Crippen molar-refractivity contribution in [1.82, 2.24) is 20.9 Å². The molecule has 0 unspecified atom stereocenters. The molecule has 0 aromatic heterocycles. The van der Waals surface area contributed by atoms with Gasteiger partial charge in [0, 0.05) is 45.0 Å². The predicted octanol–water partition coefficient (Wildman–Crippen LogP) is 3.39. The van der Waals surface area contributed by atoms with Gasteiger partial charge in [-0.3, -0.25) is 9.59 Å². The standard InChI is InChI=1S/C12H24N2O2.C9H8O3.C5H14N2.C2H6O/c1-12(2,3)16-11(15)14-10-7-5-9(13-4)6-8-10;1-12-9-3-2-7(5-10)4-8(9)6-11;1-6-4-5-7(2)3;1-3-2/h9-10,13H,5-8H2,1-4H3,(H,14,15);2-6H,1H3;6H,4-5H2,1-3H3;1-2H3. The van der Waals surface area contributed by atoms with Crippen LogP contribution in [0.25, 0.3) is 0 Å². The molecule has 10 heteroatoms. The maximum atomic E-state index is 11.5. The SMILES string of the molecule is CNC1CCC(NC(=O)OC(C)(C)C)CC1.CNCCN(C)C.COC.COc1ccc(C=O)cc1C=O. The Hall–Kier alpha value is -2.53. The third-order valence-electron chi connectivity index (χ3n) is 5.18. The molecule has 3 N–H and O–H groups in total. The van der Waals surface area contributed by atoms with Crippen molar-refractivity contribution < 1.29 is 28.6 Å². The normalized spacial score (nSPS) is 16.3. The molecule has 1 fully saturated rings. The topological polar surface area (TPSA) is 118 Å². The molecule has 0 heterocycles. The summed E-state index contributed by atoms with van der Waals surface area (Å²) in [4.78, 5) is 34.5. The Balaban J connectivity index is 0.